The molecule has 1 fully saturated rings. The number of methoxy groups -OCH3 is 1. The van der Waals surface area contributed by atoms with Crippen LogP contribution in [-0.2, 0) is 11.2 Å². The molecule has 0 spiro atoms. The van der Waals surface area contributed by atoms with Crippen LogP contribution in [0.5, 0.6) is 5.75 Å². The number of nitrogens with two attached hydrogens (primary N) is 1. The van der Waals surface area contributed by atoms with Crippen LogP contribution in [-0.4, -0.2) is 37.0 Å². The second-order valence-corrected chi connectivity index (χ2v) is 4.65. The van der Waals surface area contributed by atoms with E-state index < -0.39 is 0 Å². The summed E-state index contributed by atoms with van der Waals surface area (Å²) in [5.41, 5.74) is 6.68. The molecule has 1 aliphatic heterocycles. The van der Waals surface area contributed by atoms with Gasteiger partial charge in [-0.3, -0.25) is 4.79 Å². The molecule has 0 saturated carbocycles. The maximum atomic E-state index is 12.2. The average Bonchev–Trinajstić information content (AvgIpc) is 2.87. The van der Waals surface area contributed by atoms with E-state index in [2.05, 4.69) is 0 Å². The van der Waals surface area contributed by atoms with Gasteiger partial charge < -0.3 is 15.4 Å². The lowest BCUT2D eigenvalue weighted by Crippen LogP contribution is -2.40. The summed E-state index contributed by atoms with van der Waals surface area (Å²) < 4.78 is 5.16. The largest absolute Gasteiger partial charge is 0.497 e. The first-order valence-electron chi connectivity index (χ1n) is 6.37. The monoisotopic (exact) mass is 248 g/mol. The summed E-state index contributed by atoms with van der Waals surface area (Å²) in [5.74, 6) is 0.952. The molecule has 1 aromatic rings. The molecule has 0 bridgehead atoms. The molecular weight excluding hydrogens is 228 g/mol. The first kappa shape index (κ1) is 12.9. The van der Waals surface area contributed by atoms with Crippen LogP contribution in [0, 0.1) is 0 Å². The second-order valence-electron chi connectivity index (χ2n) is 4.65. The number of hydrogen-bond donors (Lipinski definition) is 1. The summed E-state index contributed by atoms with van der Waals surface area (Å²) in [6.07, 6.45) is 2.51. The van der Waals surface area contributed by atoms with E-state index in [0.717, 1.165) is 30.7 Å². The van der Waals surface area contributed by atoms with E-state index in [-0.39, 0.29) is 11.9 Å². The van der Waals surface area contributed by atoms with Crippen molar-refractivity contribution in [2.24, 2.45) is 5.73 Å². The van der Waals surface area contributed by atoms with Gasteiger partial charge in [0.25, 0.3) is 0 Å². The highest BCUT2D eigenvalue weighted by molar-refractivity contribution is 5.79. The molecule has 18 heavy (non-hydrogen) atoms. The van der Waals surface area contributed by atoms with E-state index in [1.54, 1.807) is 7.11 Å². The molecule has 1 saturated heterocycles. The van der Waals surface area contributed by atoms with Gasteiger partial charge in [-0.2, -0.15) is 0 Å². The van der Waals surface area contributed by atoms with Gasteiger partial charge in [-0.25, -0.2) is 0 Å². The maximum absolute atomic E-state index is 12.2. The number of nitrogens with zero attached hydrogens (tertiary/aromatic N) is 1. The van der Waals surface area contributed by atoms with Gasteiger partial charge >= 0.3 is 0 Å². The van der Waals surface area contributed by atoms with E-state index in [4.69, 9.17) is 10.5 Å². The number of hydrogen-bond acceptors (Lipinski definition) is 3. The lowest BCUT2D eigenvalue weighted by Gasteiger charge is -2.23. The molecule has 0 aromatic heterocycles. The first-order valence-corrected chi connectivity index (χ1v) is 6.37. The number of ether oxygens (including phenoxy) is 1. The summed E-state index contributed by atoms with van der Waals surface area (Å²) in [6.45, 7) is 1.40. The SMILES string of the molecule is COc1cccc(CC(=O)N2CCCC2CN)c1. The standard InChI is InChI=1S/C14H20N2O2/c1-18-13-6-2-4-11(8-13)9-14(17)16-7-3-5-12(16)10-15/h2,4,6,8,12H,3,5,7,9-10,15H2,1H3. The van der Waals surface area contributed by atoms with Crippen molar-refractivity contribution >= 4 is 5.91 Å². The van der Waals surface area contributed by atoms with Crippen molar-refractivity contribution in [3.8, 4) is 5.75 Å². The molecule has 1 atom stereocenters. The Hall–Kier alpha value is -1.55. The van der Waals surface area contributed by atoms with Gasteiger partial charge in [0.15, 0.2) is 0 Å². The Morgan fingerprint density at radius 3 is 3.11 bits per heavy atom. The molecule has 98 valence electrons. The van der Waals surface area contributed by atoms with Gasteiger partial charge in [0, 0.05) is 19.1 Å². The van der Waals surface area contributed by atoms with Crippen LogP contribution in [0.15, 0.2) is 24.3 Å². The normalized spacial score (nSPS) is 19.0. The van der Waals surface area contributed by atoms with Crippen molar-refractivity contribution in [2.45, 2.75) is 25.3 Å². The van der Waals surface area contributed by atoms with Gasteiger partial charge in [0.05, 0.1) is 13.5 Å². The highest BCUT2D eigenvalue weighted by atomic mass is 16.5. The molecule has 1 aliphatic rings. The van der Waals surface area contributed by atoms with E-state index in [0.29, 0.717) is 13.0 Å². The molecule has 1 heterocycles. The number of carbonyl (C=O) groups is 1. The van der Waals surface area contributed by atoms with E-state index in [1.807, 2.05) is 29.2 Å². The van der Waals surface area contributed by atoms with E-state index in [9.17, 15) is 4.79 Å². The van der Waals surface area contributed by atoms with Crippen LogP contribution in [0.1, 0.15) is 18.4 Å². The third-order valence-electron chi connectivity index (χ3n) is 3.46. The molecule has 0 aliphatic carbocycles. The zero-order chi connectivity index (χ0) is 13.0. The fourth-order valence-corrected chi connectivity index (χ4v) is 2.47. The Morgan fingerprint density at radius 2 is 2.39 bits per heavy atom. The lowest BCUT2D eigenvalue weighted by atomic mass is 10.1. The van der Waals surface area contributed by atoms with Gasteiger partial charge in [0.2, 0.25) is 5.91 Å². The molecular formula is C14H20N2O2. The minimum atomic E-state index is 0.163. The summed E-state index contributed by atoms with van der Waals surface area (Å²) in [4.78, 5) is 14.1. The summed E-state index contributed by atoms with van der Waals surface area (Å²) in [5, 5.41) is 0. The zero-order valence-electron chi connectivity index (χ0n) is 10.8. The fourth-order valence-electron chi connectivity index (χ4n) is 2.47. The number of carbonyl (C=O) groups excluding carboxylic acids is 1. The number of likely N-dealkylation sites (tertiary alicyclic amines) is 1. The molecule has 1 aromatic carbocycles. The molecule has 1 unspecified atom stereocenters. The predicted molar refractivity (Wildman–Crippen MR) is 70.5 cm³/mol. The van der Waals surface area contributed by atoms with Gasteiger partial charge in [-0.1, -0.05) is 12.1 Å². The third-order valence-corrected chi connectivity index (χ3v) is 3.46. The predicted octanol–water partition coefficient (Wildman–Crippen LogP) is 1.19. The van der Waals surface area contributed by atoms with Crippen molar-refractivity contribution in [3.05, 3.63) is 29.8 Å². The Morgan fingerprint density at radius 1 is 1.56 bits per heavy atom. The summed E-state index contributed by atoms with van der Waals surface area (Å²) in [6, 6.07) is 7.88. The van der Waals surface area contributed by atoms with Crippen LogP contribution >= 0.6 is 0 Å². The van der Waals surface area contributed by atoms with Crippen LogP contribution in [0.4, 0.5) is 0 Å². The molecule has 1 amide bonds. The average molecular weight is 248 g/mol. The Kier molecular flexibility index (Phi) is 4.20. The highest BCUT2D eigenvalue weighted by Gasteiger charge is 2.27. The second kappa shape index (κ2) is 5.87. The van der Waals surface area contributed by atoms with Crippen molar-refractivity contribution in [3.63, 3.8) is 0 Å². The van der Waals surface area contributed by atoms with Crippen LogP contribution in [0.25, 0.3) is 0 Å². The number of amides is 1. The smallest absolute Gasteiger partial charge is 0.227 e. The minimum absolute atomic E-state index is 0.163. The Balaban J connectivity index is 2.02. The van der Waals surface area contributed by atoms with E-state index in [1.165, 1.54) is 0 Å². The Bertz CT molecular complexity index is 420. The molecule has 2 N–H and O–H groups in total. The third kappa shape index (κ3) is 2.82. The quantitative estimate of drug-likeness (QED) is 0.870. The van der Waals surface area contributed by atoms with Crippen molar-refractivity contribution < 1.29 is 9.53 Å². The minimum Gasteiger partial charge on any atom is -0.497 e. The van der Waals surface area contributed by atoms with Crippen LogP contribution in [0.2, 0.25) is 0 Å². The molecule has 0 radical (unpaired) electrons. The first-order chi connectivity index (χ1) is 8.74. The Labute approximate surface area is 108 Å². The van der Waals surface area contributed by atoms with Crippen LogP contribution < -0.4 is 10.5 Å². The number of benzene rings is 1. The highest BCUT2D eigenvalue weighted by Crippen LogP contribution is 2.19. The summed E-state index contributed by atoms with van der Waals surface area (Å²) >= 11 is 0. The molecule has 4 heteroatoms. The van der Waals surface area contributed by atoms with Gasteiger partial charge in [-0.15, -0.1) is 0 Å². The van der Waals surface area contributed by atoms with Crippen molar-refractivity contribution in [2.75, 3.05) is 20.2 Å². The van der Waals surface area contributed by atoms with E-state index >= 15 is 0 Å². The number of rotatable bonds is 4. The molecule has 2 rings (SSSR count). The van der Waals surface area contributed by atoms with Crippen molar-refractivity contribution in [1.29, 1.82) is 0 Å². The zero-order valence-corrected chi connectivity index (χ0v) is 10.8. The lowest BCUT2D eigenvalue weighted by molar-refractivity contribution is -0.131. The fraction of sp³-hybridized carbons (Fsp3) is 0.500. The van der Waals surface area contributed by atoms with Gasteiger partial charge in [0.1, 0.15) is 5.75 Å². The summed E-state index contributed by atoms with van der Waals surface area (Å²) in [7, 11) is 1.63. The topological polar surface area (TPSA) is 55.6 Å². The molecule has 4 nitrogen and oxygen atoms in total. The van der Waals surface area contributed by atoms with Gasteiger partial charge in [-0.05, 0) is 30.5 Å². The van der Waals surface area contributed by atoms with Crippen molar-refractivity contribution in [1.82, 2.24) is 4.90 Å². The maximum Gasteiger partial charge on any atom is 0.227 e. The van der Waals surface area contributed by atoms with Crippen LogP contribution in [0.3, 0.4) is 0 Å².